The van der Waals surface area contributed by atoms with Crippen molar-refractivity contribution in [1.29, 1.82) is 0 Å². The Morgan fingerprint density at radius 2 is 2.00 bits per heavy atom. The molecule has 0 saturated heterocycles. The maximum Gasteiger partial charge on any atom is 0.340 e. The van der Waals surface area contributed by atoms with Gasteiger partial charge in [0.2, 0.25) is 17.1 Å². The van der Waals surface area contributed by atoms with Gasteiger partial charge < -0.3 is 29.5 Å². The first-order valence-corrected chi connectivity index (χ1v) is 9.12. The fourth-order valence-corrected chi connectivity index (χ4v) is 3.11. The summed E-state index contributed by atoms with van der Waals surface area (Å²) in [6.45, 7) is -0.252. The van der Waals surface area contributed by atoms with Gasteiger partial charge in [-0.1, -0.05) is 28.1 Å². The van der Waals surface area contributed by atoms with E-state index in [1.165, 1.54) is 7.11 Å². The summed E-state index contributed by atoms with van der Waals surface area (Å²) < 4.78 is 22.0. The number of hydrogen-bond donors (Lipinski definition) is 2. The van der Waals surface area contributed by atoms with Gasteiger partial charge in [-0.2, -0.15) is 0 Å². The number of halogens is 1. The first kappa shape index (κ1) is 20.1. The van der Waals surface area contributed by atoms with Crippen LogP contribution in [0.15, 0.2) is 55.5 Å². The Balaban J connectivity index is 2.15. The summed E-state index contributed by atoms with van der Waals surface area (Å²) in [5.74, 6) is -1.81. The summed E-state index contributed by atoms with van der Waals surface area (Å²) in [7, 11) is 1.48. The van der Waals surface area contributed by atoms with Crippen LogP contribution in [0.1, 0.15) is 23.0 Å². The van der Waals surface area contributed by atoms with E-state index in [1.807, 2.05) is 0 Å². The van der Waals surface area contributed by atoms with Crippen molar-refractivity contribution in [2.75, 3.05) is 20.3 Å². The van der Waals surface area contributed by atoms with Crippen molar-refractivity contribution in [2.24, 2.45) is 5.73 Å². The van der Waals surface area contributed by atoms with Gasteiger partial charge in [0.25, 0.3) is 0 Å². The minimum absolute atomic E-state index is 0.00386. The smallest absolute Gasteiger partial charge is 0.340 e. The molecular weight excluding hydrogens is 434 g/mol. The maximum absolute atomic E-state index is 12.7. The maximum atomic E-state index is 12.7. The van der Waals surface area contributed by atoms with Crippen LogP contribution in [0.5, 0.6) is 5.75 Å². The zero-order valence-electron chi connectivity index (χ0n) is 14.9. The van der Waals surface area contributed by atoms with Crippen molar-refractivity contribution in [1.82, 2.24) is 0 Å². The minimum Gasteiger partial charge on any atom is -0.460 e. The Morgan fingerprint density at radius 1 is 1.29 bits per heavy atom. The first-order valence-electron chi connectivity index (χ1n) is 8.33. The lowest BCUT2D eigenvalue weighted by molar-refractivity contribution is -0.140. The highest BCUT2D eigenvalue weighted by atomic mass is 79.9. The van der Waals surface area contributed by atoms with E-state index >= 15 is 0 Å². The number of aliphatic hydroxyl groups is 1. The summed E-state index contributed by atoms with van der Waals surface area (Å²) >= 11 is 3.36. The number of hydrogen-bond acceptors (Lipinski definition) is 8. The van der Waals surface area contributed by atoms with Gasteiger partial charge in [-0.25, -0.2) is 4.79 Å². The highest BCUT2D eigenvalue weighted by molar-refractivity contribution is 9.10. The lowest BCUT2D eigenvalue weighted by Gasteiger charge is -2.27. The molecule has 1 aromatic heterocycles. The van der Waals surface area contributed by atoms with E-state index < -0.39 is 23.9 Å². The second kappa shape index (κ2) is 8.59. The third-order valence-corrected chi connectivity index (χ3v) is 4.64. The summed E-state index contributed by atoms with van der Waals surface area (Å²) in [6, 6.07) is 8.19. The van der Waals surface area contributed by atoms with Gasteiger partial charge in [0, 0.05) is 17.6 Å². The predicted molar refractivity (Wildman–Crippen MR) is 102 cm³/mol. The number of methoxy groups -OCH3 is 1. The molecule has 1 aliphatic rings. The van der Waals surface area contributed by atoms with E-state index in [-0.39, 0.29) is 41.9 Å². The molecule has 0 bridgehead atoms. The zero-order valence-corrected chi connectivity index (χ0v) is 16.5. The fourth-order valence-electron chi connectivity index (χ4n) is 2.84. The highest BCUT2D eigenvalue weighted by Crippen LogP contribution is 2.41. The molecule has 1 aliphatic heterocycles. The lowest BCUT2D eigenvalue weighted by atomic mass is 9.86. The molecule has 1 atom stereocenters. The van der Waals surface area contributed by atoms with Crippen molar-refractivity contribution in [3.8, 4) is 5.75 Å². The number of ether oxygens (including phenoxy) is 3. The third-order valence-electron chi connectivity index (χ3n) is 4.11. The number of carbonyl (C=O) groups is 1. The van der Waals surface area contributed by atoms with Gasteiger partial charge in [-0.15, -0.1) is 0 Å². The van der Waals surface area contributed by atoms with Gasteiger partial charge in [0.05, 0.1) is 12.5 Å². The van der Waals surface area contributed by atoms with Crippen molar-refractivity contribution in [2.45, 2.75) is 12.5 Å². The van der Waals surface area contributed by atoms with Crippen LogP contribution < -0.4 is 15.9 Å². The third kappa shape index (κ3) is 3.96. The van der Waals surface area contributed by atoms with Gasteiger partial charge >= 0.3 is 5.97 Å². The van der Waals surface area contributed by atoms with E-state index in [9.17, 15) is 14.7 Å². The van der Waals surface area contributed by atoms with Crippen LogP contribution in [0, 0.1) is 0 Å². The van der Waals surface area contributed by atoms with Gasteiger partial charge in [-0.3, -0.25) is 4.79 Å². The standard InChI is InChI=1S/C19H18BrNO7/c1-25-6-7-26-19(24)15-14(10-2-4-11(20)5-3-10)17-16(28-18(15)21)13(23)8-12(9-22)27-17/h2-5,8,14,22H,6-7,9,21H2,1H3. The molecule has 3 N–H and O–H groups in total. The normalized spacial score (nSPS) is 15.8. The van der Waals surface area contributed by atoms with Crippen molar-refractivity contribution >= 4 is 21.9 Å². The van der Waals surface area contributed by atoms with E-state index in [1.54, 1.807) is 24.3 Å². The molecule has 28 heavy (non-hydrogen) atoms. The molecule has 0 fully saturated rings. The van der Waals surface area contributed by atoms with Crippen LogP contribution >= 0.6 is 15.9 Å². The number of aliphatic hydroxyl groups excluding tert-OH is 1. The quantitative estimate of drug-likeness (QED) is 0.503. The largest absolute Gasteiger partial charge is 0.460 e. The molecule has 0 saturated carbocycles. The topological polar surface area (TPSA) is 121 Å². The van der Waals surface area contributed by atoms with Crippen molar-refractivity contribution < 1.29 is 28.5 Å². The Bertz CT molecular complexity index is 965. The van der Waals surface area contributed by atoms with Crippen LogP contribution in [0.25, 0.3) is 0 Å². The number of fused-ring (bicyclic) bond motifs is 1. The molecule has 2 aromatic rings. The van der Waals surface area contributed by atoms with E-state index in [2.05, 4.69) is 15.9 Å². The Hall–Kier alpha value is -2.62. The summed E-state index contributed by atoms with van der Waals surface area (Å²) in [5, 5.41) is 9.41. The highest BCUT2D eigenvalue weighted by Gasteiger charge is 2.39. The molecule has 9 heteroatoms. The van der Waals surface area contributed by atoms with E-state index in [0.717, 1.165) is 10.5 Å². The van der Waals surface area contributed by atoms with Crippen LogP contribution in [-0.2, 0) is 20.9 Å². The van der Waals surface area contributed by atoms with Gasteiger partial charge in [-0.05, 0) is 17.7 Å². The molecule has 0 aliphatic carbocycles. The first-order chi connectivity index (χ1) is 13.5. The number of benzene rings is 1. The molecule has 1 unspecified atom stereocenters. The van der Waals surface area contributed by atoms with Gasteiger partial charge in [0.1, 0.15) is 24.5 Å². The lowest BCUT2D eigenvalue weighted by Crippen LogP contribution is -2.30. The van der Waals surface area contributed by atoms with Crippen LogP contribution in [0.4, 0.5) is 0 Å². The van der Waals surface area contributed by atoms with Crippen molar-refractivity contribution in [3.05, 3.63) is 73.6 Å². The second-order valence-electron chi connectivity index (χ2n) is 5.92. The molecule has 0 spiro atoms. The average Bonchev–Trinajstić information content (AvgIpc) is 2.68. The molecule has 148 valence electrons. The molecule has 2 heterocycles. The Labute approximate surface area is 168 Å². The summed E-state index contributed by atoms with van der Waals surface area (Å²) in [6.07, 6.45) is 0. The van der Waals surface area contributed by atoms with Gasteiger partial charge in [0.15, 0.2) is 5.76 Å². The molecule has 1 aromatic carbocycles. The molecular formula is C19H18BrNO7. The predicted octanol–water partition coefficient (Wildman–Crippen LogP) is 1.78. The Kier molecular flexibility index (Phi) is 6.18. The van der Waals surface area contributed by atoms with Crippen LogP contribution in [0.3, 0.4) is 0 Å². The number of rotatable bonds is 6. The molecule has 0 amide bonds. The number of carbonyl (C=O) groups excluding carboxylic acids is 1. The zero-order chi connectivity index (χ0) is 20.3. The van der Waals surface area contributed by atoms with E-state index in [0.29, 0.717) is 5.56 Å². The number of nitrogens with two attached hydrogens (primary N) is 1. The monoisotopic (exact) mass is 451 g/mol. The van der Waals surface area contributed by atoms with Crippen molar-refractivity contribution in [3.63, 3.8) is 0 Å². The molecule has 0 radical (unpaired) electrons. The Morgan fingerprint density at radius 3 is 2.64 bits per heavy atom. The average molecular weight is 452 g/mol. The summed E-state index contributed by atoms with van der Waals surface area (Å²) in [5.41, 5.74) is 6.11. The minimum atomic E-state index is -0.842. The second-order valence-corrected chi connectivity index (χ2v) is 6.84. The summed E-state index contributed by atoms with van der Waals surface area (Å²) in [4.78, 5) is 25.1. The number of esters is 1. The SMILES string of the molecule is COCCOC(=O)C1=C(N)Oc2c(oc(CO)cc2=O)C1c1ccc(Br)cc1. The molecule has 8 nitrogen and oxygen atoms in total. The van der Waals surface area contributed by atoms with Crippen LogP contribution in [-0.4, -0.2) is 31.4 Å². The fraction of sp³-hybridized carbons (Fsp3) is 0.263. The molecule has 3 rings (SSSR count). The van der Waals surface area contributed by atoms with E-state index in [4.69, 9.17) is 24.4 Å². The van der Waals surface area contributed by atoms with Crippen LogP contribution in [0.2, 0.25) is 0 Å².